The second kappa shape index (κ2) is 4.75. The standard InChI is InChI=1S/C10H22N2O2/c1-5-10(11,12)7-6-8(13)14-9(2,3)4/h5-7,11-12H2,1-4H3. The van der Waals surface area contributed by atoms with Crippen LogP contribution in [0.4, 0.5) is 0 Å². The van der Waals surface area contributed by atoms with Crippen molar-refractivity contribution in [2.75, 3.05) is 0 Å². The summed E-state index contributed by atoms with van der Waals surface area (Å²) in [5.41, 5.74) is 10.2. The minimum atomic E-state index is -0.753. The topological polar surface area (TPSA) is 78.3 Å². The second-order valence-corrected chi connectivity index (χ2v) is 4.67. The van der Waals surface area contributed by atoms with Gasteiger partial charge in [0.25, 0.3) is 0 Å². The van der Waals surface area contributed by atoms with Crippen molar-refractivity contribution in [1.29, 1.82) is 0 Å². The molecule has 0 saturated heterocycles. The largest absolute Gasteiger partial charge is 0.460 e. The number of carbonyl (C=O) groups excluding carboxylic acids is 1. The first-order valence-corrected chi connectivity index (χ1v) is 4.96. The fourth-order valence-electron chi connectivity index (χ4n) is 0.904. The fourth-order valence-corrected chi connectivity index (χ4v) is 0.904. The summed E-state index contributed by atoms with van der Waals surface area (Å²) in [6.07, 6.45) is 1.38. The van der Waals surface area contributed by atoms with Gasteiger partial charge in [0.15, 0.2) is 0 Å². The van der Waals surface area contributed by atoms with Crippen LogP contribution in [-0.4, -0.2) is 17.2 Å². The Bertz CT molecular complexity index is 195. The average molecular weight is 202 g/mol. The van der Waals surface area contributed by atoms with Gasteiger partial charge in [0.2, 0.25) is 0 Å². The van der Waals surface area contributed by atoms with Crippen molar-refractivity contribution in [2.45, 2.75) is 58.2 Å². The molecule has 4 N–H and O–H groups in total. The Morgan fingerprint density at radius 1 is 1.29 bits per heavy atom. The maximum atomic E-state index is 11.3. The van der Waals surface area contributed by atoms with Crippen LogP contribution in [0.1, 0.15) is 47.0 Å². The van der Waals surface area contributed by atoms with E-state index in [1.54, 1.807) is 0 Å². The first kappa shape index (κ1) is 13.4. The van der Waals surface area contributed by atoms with Gasteiger partial charge in [-0.2, -0.15) is 0 Å². The van der Waals surface area contributed by atoms with Crippen molar-refractivity contribution in [3.63, 3.8) is 0 Å². The molecule has 0 atom stereocenters. The summed E-state index contributed by atoms with van der Waals surface area (Å²) in [7, 11) is 0. The third kappa shape index (κ3) is 6.86. The summed E-state index contributed by atoms with van der Waals surface area (Å²) in [4.78, 5) is 11.3. The van der Waals surface area contributed by atoms with Gasteiger partial charge in [0.05, 0.1) is 5.66 Å². The van der Waals surface area contributed by atoms with E-state index in [0.29, 0.717) is 12.8 Å². The van der Waals surface area contributed by atoms with Gasteiger partial charge in [-0.1, -0.05) is 6.92 Å². The molecular formula is C10H22N2O2. The van der Waals surface area contributed by atoms with E-state index < -0.39 is 11.3 Å². The molecular weight excluding hydrogens is 180 g/mol. The third-order valence-corrected chi connectivity index (χ3v) is 1.87. The molecule has 4 heteroatoms. The summed E-state index contributed by atoms with van der Waals surface area (Å²) in [5, 5.41) is 0. The fraction of sp³-hybridized carbons (Fsp3) is 0.900. The molecule has 0 bridgehead atoms. The molecule has 14 heavy (non-hydrogen) atoms. The highest BCUT2D eigenvalue weighted by molar-refractivity contribution is 5.69. The molecule has 0 radical (unpaired) electrons. The van der Waals surface area contributed by atoms with Gasteiger partial charge < -0.3 is 16.2 Å². The lowest BCUT2D eigenvalue weighted by atomic mass is 10.0. The summed E-state index contributed by atoms with van der Waals surface area (Å²) >= 11 is 0. The van der Waals surface area contributed by atoms with Gasteiger partial charge >= 0.3 is 5.97 Å². The minimum Gasteiger partial charge on any atom is -0.460 e. The van der Waals surface area contributed by atoms with Crippen LogP contribution < -0.4 is 11.5 Å². The molecule has 0 fully saturated rings. The van der Waals surface area contributed by atoms with Crippen LogP contribution in [0, 0.1) is 0 Å². The molecule has 0 heterocycles. The number of ether oxygens (including phenoxy) is 1. The van der Waals surface area contributed by atoms with Crippen LogP contribution in [0.25, 0.3) is 0 Å². The van der Waals surface area contributed by atoms with E-state index in [-0.39, 0.29) is 12.4 Å². The molecule has 0 aliphatic carbocycles. The normalized spacial score (nSPS) is 12.7. The Morgan fingerprint density at radius 3 is 2.14 bits per heavy atom. The van der Waals surface area contributed by atoms with E-state index in [1.807, 2.05) is 27.7 Å². The van der Waals surface area contributed by atoms with Crippen molar-refractivity contribution < 1.29 is 9.53 Å². The van der Waals surface area contributed by atoms with Crippen molar-refractivity contribution >= 4 is 5.97 Å². The van der Waals surface area contributed by atoms with E-state index in [0.717, 1.165) is 0 Å². The molecule has 84 valence electrons. The first-order valence-electron chi connectivity index (χ1n) is 4.96. The van der Waals surface area contributed by atoms with Gasteiger partial charge in [-0.15, -0.1) is 0 Å². The molecule has 0 rings (SSSR count). The zero-order chi connectivity index (χ0) is 11.4. The predicted octanol–water partition coefficient (Wildman–Crippen LogP) is 1.13. The number of hydrogen-bond acceptors (Lipinski definition) is 4. The van der Waals surface area contributed by atoms with Crippen LogP contribution in [0.2, 0.25) is 0 Å². The molecule has 0 aromatic rings. The summed E-state index contributed by atoms with van der Waals surface area (Å²) < 4.78 is 5.13. The Morgan fingerprint density at radius 2 is 1.79 bits per heavy atom. The Balaban J connectivity index is 3.87. The summed E-state index contributed by atoms with van der Waals surface area (Å²) in [5.74, 6) is -0.244. The number of esters is 1. The summed E-state index contributed by atoms with van der Waals surface area (Å²) in [6, 6.07) is 0. The lowest BCUT2D eigenvalue weighted by Gasteiger charge is -2.24. The Labute approximate surface area is 86.0 Å². The SMILES string of the molecule is CCC(N)(N)CCC(=O)OC(C)(C)C. The van der Waals surface area contributed by atoms with Crippen molar-refractivity contribution in [1.82, 2.24) is 0 Å². The number of hydrogen-bond donors (Lipinski definition) is 2. The predicted molar refractivity (Wildman–Crippen MR) is 56.5 cm³/mol. The van der Waals surface area contributed by atoms with Crippen LogP contribution >= 0.6 is 0 Å². The van der Waals surface area contributed by atoms with Crippen LogP contribution in [0.5, 0.6) is 0 Å². The second-order valence-electron chi connectivity index (χ2n) is 4.67. The van der Waals surface area contributed by atoms with E-state index in [4.69, 9.17) is 16.2 Å². The number of nitrogens with two attached hydrogens (primary N) is 2. The van der Waals surface area contributed by atoms with E-state index in [1.165, 1.54) is 0 Å². The molecule has 0 unspecified atom stereocenters. The van der Waals surface area contributed by atoms with Crippen LogP contribution in [0.3, 0.4) is 0 Å². The smallest absolute Gasteiger partial charge is 0.306 e. The zero-order valence-electron chi connectivity index (χ0n) is 9.59. The van der Waals surface area contributed by atoms with E-state index in [2.05, 4.69) is 0 Å². The van der Waals surface area contributed by atoms with Gasteiger partial charge in [-0.25, -0.2) is 0 Å². The lowest BCUT2D eigenvalue weighted by molar-refractivity contribution is -0.155. The number of rotatable bonds is 4. The quantitative estimate of drug-likeness (QED) is 0.529. The Hall–Kier alpha value is -0.610. The highest BCUT2D eigenvalue weighted by Gasteiger charge is 2.21. The van der Waals surface area contributed by atoms with Gasteiger partial charge in [-0.3, -0.25) is 4.79 Å². The monoisotopic (exact) mass is 202 g/mol. The molecule has 0 aromatic carbocycles. The number of carbonyl (C=O) groups is 1. The first-order chi connectivity index (χ1) is 6.16. The molecule has 0 saturated carbocycles. The van der Waals surface area contributed by atoms with Gasteiger partial charge in [-0.05, 0) is 33.6 Å². The van der Waals surface area contributed by atoms with E-state index >= 15 is 0 Å². The highest BCUT2D eigenvalue weighted by atomic mass is 16.6. The lowest BCUT2D eigenvalue weighted by Crippen LogP contribution is -2.49. The molecule has 0 amide bonds. The third-order valence-electron chi connectivity index (χ3n) is 1.87. The summed E-state index contributed by atoms with van der Waals surface area (Å²) in [6.45, 7) is 7.41. The van der Waals surface area contributed by atoms with E-state index in [9.17, 15) is 4.79 Å². The molecule has 0 aliphatic rings. The molecule has 0 aliphatic heterocycles. The van der Waals surface area contributed by atoms with Gasteiger partial charge in [0, 0.05) is 6.42 Å². The van der Waals surface area contributed by atoms with Gasteiger partial charge in [0.1, 0.15) is 5.60 Å². The maximum Gasteiger partial charge on any atom is 0.306 e. The van der Waals surface area contributed by atoms with Crippen molar-refractivity contribution in [3.8, 4) is 0 Å². The molecule has 0 spiro atoms. The maximum absolute atomic E-state index is 11.3. The average Bonchev–Trinajstić information content (AvgIpc) is 1.98. The highest BCUT2D eigenvalue weighted by Crippen LogP contribution is 2.12. The van der Waals surface area contributed by atoms with Crippen LogP contribution in [0.15, 0.2) is 0 Å². The van der Waals surface area contributed by atoms with Crippen molar-refractivity contribution in [2.24, 2.45) is 11.5 Å². The van der Waals surface area contributed by atoms with Crippen molar-refractivity contribution in [3.05, 3.63) is 0 Å². The van der Waals surface area contributed by atoms with Crippen LogP contribution in [-0.2, 0) is 9.53 Å². The zero-order valence-corrected chi connectivity index (χ0v) is 9.59. The Kier molecular flexibility index (Phi) is 4.55. The minimum absolute atomic E-state index is 0.244. The molecule has 4 nitrogen and oxygen atoms in total. The molecule has 0 aromatic heterocycles.